The SMILES string of the molecule is CC(C)(C)OC(=O)N1CCN(CC(=O)N2CCNC(=O)C2)CC1.CC(C)(C)OC(=O)N1CCN(CC(=O)O)CC1.O=C1CN(C(=O)CN2CCNCC2)CCN1.O=C1CNCCN1. The number of rotatable bonds is 6. The molecule has 0 atom stereocenters. The Balaban J connectivity index is 0.000000237. The zero-order valence-corrected chi connectivity index (χ0v) is 38.1. The predicted octanol–water partition coefficient (Wildman–Crippen LogP) is -3.32. The molecule has 23 heteroatoms. The van der Waals surface area contributed by atoms with Crippen molar-refractivity contribution in [2.24, 2.45) is 0 Å². The van der Waals surface area contributed by atoms with Crippen LogP contribution in [-0.2, 0) is 38.2 Å². The molecule has 0 spiro atoms. The summed E-state index contributed by atoms with van der Waals surface area (Å²) in [6.07, 6.45) is -0.636. The van der Waals surface area contributed by atoms with Crippen molar-refractivity contribution in [1.29, 1.82) is 0 Å². The average Bonchev–Trinajstić information content (AvgIpc) is 3.21. The monoisotopic (exact) mass is 897 g/mol. The van der Waals surface area contributed by atoms with Gasteiger partial charge < -0.3 is 60.8 Å². The Kier molecular flexibility index (Phi) is 21.7. The first kappa shape index (κ1) is 52.5. The van der Waals surface area contributed by atoms with Gasteiger partial charge in [0, 0.05) is 118 Å². The lowest BCUT2D eigenvalue weighted by atomic mass is 10.2. The van der Waals surface area contributed by atoms with E-state index in [1.807, 2.05) is 51.3 Å². The fraction of sp³-hybridized carbons (Fsp3) is 0.800. The van der Waals surface area contributed by atoms with Crippen LogP contribution in [-0.4, -0.2) is 255 Å². The molecule has 63 heavy (non-hydrogen) atoms. The van der Waals surface area contributed by atoms with Crippen LogP contribution in [0.2, 0.25) is 0 Å². The van der Waals surface area contributed by atoms with Crippen LogP contribution in [0.15, 0.2) is 0 Å². The van der Waals surface area contributed by atoms with Crippen LogP contribution in [0.3, 0.4) is 0 Å². The van der Waals surface area contributed by atoms with Crippen molar-refractivity contribution in [3.63, 3.8) is 0 Å². The molecule has 0 unspecified atom stereocenters. The van der Waals surface area contributed by atoms with E-state index in [4.69, 9.17) is 14.6 Å². The van der Waals surface area contributed by atoms with Crippen LogP contribution in [0.25, 0.3) is 0 Å². The van der Waals surface area contributed by atoms with Crippen molar-refractivity contribution < 1.29 is 52.9 Å². The molecule has 0 aliphatic carbocycles. The largest absolute Gasteiger partial charge is 0.480 e. The quantitative estimate of drug-likeness (QED) is 0.153. The van der Waals surface area contributed by atoms with E-state index >= 15 is 0 Å². The standard InChI is InChI=1S/C15H26N4O4.C11H20N2O4.C10H18N4O2.C4H8N2O/c1-15(2,3)23-14(22)18-8-6-17(7-9-18)11-13(21)19-5-4-16-12(20)10-19;1-11(2,3)17-10(16)13-6-4-12(5-7-13)8-9(14)15;15-9-7-14(6-3-12-9)10(16)8-13-4-1-11-2-5-13;7-4-3-5-1-2-6-4/h4-11H2,1-3H3,(H,16,20);4-8H2,1-3H3,(H,14,15);11H,1-8H2,(H,12,15);5H,1-3H2,(H,6,7). The molecule has 358 valence electrons. The maximum absolute atomic E-state index is 12.2. The zero-order chi connectivity index (χ0) is 46.6. The van der Waals surface area contributed by atoms with Gasteiger partial charge in [0.05, 0.1) is 39.3 Å². The van der Waals surface area contributed by atoms with Gasteiger partial charge in [0.15, 0.2) is 0 Å². The number of carbonyl (C=O) groups excluding carboxylic acids is 7. The fourth-order valence-electron chi connectivity index (χ4n) is 6.73. The van der Waals surface area contributed by atoms with Crippen molar-refractivity contribution in [3.8, 4) is 0 Å². The number of nitrogens with zero attached hydrogens (tertiary/aromatic N) is 7. The first-order valence-electron chi connectivity index (χ1n) is 21.8. The van der Waals surface area contributed by atoms with E-state index < -0.39 is 17.2 Å². The number of piperazine rings is 6. The third-order valence-electron chi connectivity index (χ3n) is 10.0. The molecular formula is C40H72N12O11. The van der Waals surface area contributed by atoms with Crippen molar-refractivity contribution in [3.05, 3.63) is 0 Å². The van der Waals surface area contributed by atoms with Crippen LogP contribution in [0.5, 0.6) is 0 Å². The Labute approximate surface area is 370 Å². The molecule has 6 heterocycles. The van der Waals surface area contributed by atoms with Gasteiger partial charge in [-0.15, -0.1) is 0 Å². The van der Waals surface area contributed by atoms with Gasteiger partial charge in [-0.05, 0) is 41.5 Å². The lowest BCUT2D eigenvalue weighted by Gasteiger charge is -2.36. The highest BCUT2D eigenvalue weighted by atomic mass is 16.6. The summed E-state index contributed by atoms with van der Waals surface area (Å²) >= 11 is 0. The normalized spacial score (nSPS) is 20.4. The number of hydrogen-bond acceptors (Lipinski definition) is 15. The lowest BCUT2D eigenvalue weighted by molar-refractivity contribution is -0.139. The summed E-state index contributed by atoms with van der Waals surface area (Å²) in [5.74, 6) is -0.872. The minimum atomic E-state index is -0.837. The van der Waals surface area contributed by atoms with Gasteiger partial charge in [0.1, 0.15) is 11.2 Å². The Morgan fingerprint density at radius 3 is 1.21 bits per heavy atom. The molecule has 6 rings (SSSR count). The Bertz CT molecular complexity index is 1530. The molecule has 23 nitrogen and oxygen atoms in total. The number of hydrogen-bond donors (Lipinski definition) is 6. The van der Waals surface area contributed by atoms with Crippen molar-refractivity contribution in [1.82, 2.24) is 60.9 Å². The highest BCUT2D eigenvalue weighted by molar-refractivity contribution is 5.87. The zero-order valence-electron chi connectivity index (χ0n) is 38.1. The highest BCUT2D eigenvalue weighted by Gasteiger charge is 2.30. The molecule has 6 fully saturated rings. The molecule has 7 amide bonds. The van der Waals surface area contributed by atoms with Gasteiger partial charge >= 0.3 is 18.2 Å². The van der Waals surface area contributed by atoms with Crippen LogP contribution in [0, 0.1) is 0 Å². The molecule has 0 saturated carbocycles. The van der Waals surface area contributed by atoms with E-state index in [0.717, 1.165) is 39.3 Å². The minimum Gasteiger partial charge on any atom is -0.480 e. The van der Waals surface area contributed by atoms with Crippen LogP contribution < -0.4 is 26.6 Å². The second-order valence-corrected chi connectivity index (χ2v) is 17.8. The number of aliphatic carboxylic acids is 1. The van der Waals surface area contributed by atoms with Gasteiger partial charge in [-0.2, -0.15) is 0 Å². The Morgan fingerprint density at radius 1 is 0.476 bits per heavy atom. The summed E-state index contributed by atoms with van der Waals surface area (Å²) in [4.78, 5) is 104. The molecule has 6 saturated heterocycles. The molecule has 0 aromatic carbocycles. The predicted molar refractivity (Wildman–Crippen MR) is 230 cm³/mol. The molecule has 0 bridgehead atoms. The summed E-state index contributed by atoms with van der Waals surface area (Å²) in [5.41, 5.74) is -0.992. The number of nitrogens with one attached hydrogen (secondary N) is 5. The van der Waals surface area contributed by atoms with E-state index in [9.17, 15) is 38.4 Å². The molecule has 0 radical (unpaired) electrons. The first-order chi connectivity index (χ1) is 29.7. The topological polar surface area (TPSA) is 258 Å². The van der Waals surface area contributed by atoms with Crippen molar-refractivity contribution in [2.75, 3.05) is 157 Å². The Hall–Kier alpha value is -4.84. The fourth-order valence-corrected chi connectivity index (χ4v) is 6.73. The Morgan fingerprint density at radius 2 is 0.873 bits per heavy atom. The average molecular weight is 897 g/mol. The van der Waals surface area contributed by atoms with E-state index in [2.05, 4.69) is 31.5 Å². The summed E-state index contributed by atoms with van der Waals surface area (Å²) in [6.45, 7) is 24.8. The first-order valence-corrected chi connectivity index (χ1v) is 21.8. The molecular weight excluding hydrogens is 825 g/mol. The number of carboxylic acid groups (broad SMARTS) is 1. The minimum absolute atomic E-state index is 0.0299. The summed E-state index contributed by atoms with van der Waals surface area (Å²) in [7, 11) is 0. The third-order valence-corrected chi connectivity index (χ3v) is 10.0. The second-order valence-electron chi connectivity index (χ2n) is 17.8. The number of carboxylic acids is 1. The number of amides is 7. The number of carbonyl (C=O) groups is 8. The maximum Gasteiger partial charge on any atom is 0.410 e. The van der Waals surface area contributed by atoms with Crippen LogP contribution >= 0.6 is 0 Å². The molecule has 0 aromatic heterocycles. The highest BCUT2D eigenvalue weighted by Crippen LogP contribution is 2.13. The van der Waals surface area contributed by atoms with Crippen molar-refractivity contribution >= 4 is 47.7 Å². The van der Waals surface area contributed by atoms with Gasteiger partial charge in [0.2, 0.25) is 29.5 Å². The third kappa shape index (κ3) is 21.9. The van der Waals surface area contributed by atoms with Crippen LogP contribution in [0.1, 0.15) is 41.5 Å². The molecule has 6 N–H and O–H groups in total. The molecule has 6 aliphatic heterocycles. The lowest BCUT2D eigenvalue weighted by Crippen LogP contribution is -2.55. The summed E-state index contributed by atoms with van der Waals surface area (Å²) in [5, 5.41) is 22.9. The van der Waals surface area contributed by atoms with E-state index in [1.54, 1.807) is 19.6 Å². The van der Waals surface area contributed by atoms with E-state index in [-0.39, 0.29) is 67.9 Å². The second kappa shape index (κ2) is 26.1. The molecule has 6 aliphatic rings. The van der Waals surface area contributed by atoms with Crippen molar-refractivity contribution in [2.45, 2.75) is 52.7 Å². The smallest absolute Gasteiger partial charge is 0.410 e. The van der Waals surface area contributed by atoms with Gasteiger partial charge in [-0.25, -0.2) is 9.59 Å². The van der Waals surface area contributed by atoms with Crippen LogP contribution in [0.4, 0.5) is 9.59 Å². The maximum atomic E-state index is 12.2. The molecule has 0 aromatic rings. The summed E-state index contributed by atoms with van der Waals surface area (Å²) < 4.78 is 10.6. The van der Waals surface area contributed by atoms with E-state index in [1.165, 1.54) is 0 Å². The van der Waals surface area contributed by atoms with Gasteiger partial charge in [-0.3, -0.25) is 43.5 Å². The summed E-state index contributed by atoms with van der Waals surface area (Å²) in [6, 6.07) is 0. The number of ether oxygens (including phenoxy) is 2. The van der Waals surface area contributed by atoms with Gasteiger partial charge in [0.25, 0.3) is 0 Å². The van der Waals surface area contributed by atoms with Gasteiger partial charge in [-0.1, -0.05) is 0 Å². The van der Waals surface area contributed by atoms with E-state index in [0.29, 0.717) is 91.6 Å².